The van der Waals surface area contributed by atoms with Crippen LogP contribution in [0.3, 0.4) is 0 Å². The molecule has 0 aliphatic carbocycles. The molecule has 3 aliphatic heterocycles. The van der Waals surface area contributed by atoms with Crippen LogP contribution in [0, 0.1) is 0 Å². The highest BCUT2D eigenvalue weighted by Crippen LogP contribution is 3.02. The largest absolute Gasteiger partial charge is 0.309 e. The van der Waals surface area contributed by atoms with Crippen LogP contribution in [0.15, 0.2) is 34.2 Å². The van der Waals surface area contributed by atoms with Crippen molar-refractivity contribution < 1.29 is 4.57 Å². The molecule has 0 amide bonds. The lowest BCUT2D eigenvalue weighted by Gasteiger charge is -1.91. The molecule has 0 aromatic rings. The van der Waals surface area contributed by atoms with E-state index in [1.807, 2.05) is 18.2 Å². The second kappa shape index (κ2) is 0.629. The van der Waals surface area contributed by atoms with E-state index < -0.39 is 7.14 Å². The zero-order valence-corrected chi connectivity index (χ0v) is 4.98. The molecular weight excluding hydrogens is 119 g/mol. The molecule has 1 fully saturated rings. The Labute approximate surface area is 46.8 Å². The number of hydrogen-bond acceptors (Lipinski definition) is 1. The predicted molar refractivity (Wildman–Crippen MR) is 31.9 cm³/mol. The fourth-order valence-corrected chi connectivity index (χ4v) is 3.91. The maximum absolute atomic E-state index is 11.2. The highest BCUT2D eigenvalue weighted by molar-refractivity contribution is 7.94. The Morgan fingerprint density at radius 3 is 2.50 bits per heavy atom. The summed E-state index contributed by atoms with van der Waals surface area (Å²) in [5.41, 5.74) is 0. The van der Waals surface area contributed by atoms with E-state index >= 15 is 0 Å². The fraction of sp³-hybridized carbons (Fsp3) is 0. The van der Waals surface area contributed by atoms with E-state index in [1.165, 1.54) is 5.31 Å². The smallest absolute Gasteiger partial charge is 0.174 e. The summed E-state index contributed by atoms with van der Waals surface area (Å²) >= 11 is 0. The molecule has 0 aromatic heterocycles. The monoisotopic (exact) mass is 122 g/mol. The lowest BCUT2D eigenvalue weighted by atomic mass is 10.3. The summed E-state index contributed by atoms with van der Waals surface area (Å²) < 4.78 is 11.2. The molecule has 0 radical (unpaired) electrons. The average molecular weight is 122 g/mol. The molecular formula is C6H3OP. The van der Waals surface area contributed by atoms with E-state index in [0.717, 1.165) is 10.6 Å². The fourth-order valence-electron chi connectivity index (χ4n) is 1.30. The van der Waals surface area contributed by atoms with Gasteiger partial charge in [0.05, 0.1) is 0 Å². The Balaban J connectivity index is 2.56. The van der Waals surface area contributed by atoms with Gasteiger partial charge in [-0.2, -0.15) is 0 Å². The van der Waals surface area contributed by atoms with Gasteiger partial charge >= 0.3 is 0 Å². The summed E-state index contributed by atoms with van der Waals surface area (Å²) in [6.07, 6.45) is 5.89. The molecule has 1 atom stereocenters. The minimum atomic E-state index is -1.73. The van der Waals surface area contributed by atoms with Gasteiger partial charge in [-0.25, -0.2) is 0 Å². The predicted octanol–water partition coefficient (Wildman–Crippen LogP) is 2.04. The lowest BCUT2D eigenvalue weighted by Crippen LogP contribution is -1.68. The third kappa shape index (κ3) is 0.143. The highest BCUT2D eigenvalue weighted by Gasteiger charge is 2.69. The topological polar surface area (TPSA) is 17.1 Å². The van der Waals surface area contributed by atoms with Gasteiger partial charge in [0.15, 0.2) is 7.14 Å². The minimum Gasteiger partial charge on any atom is -0.309 e. The molecule has 2 heteroatoms. The van der Waals surface area contributed by atoms with E-state index in [2.05, 4.69) is 0 Å². The quantitative estimate of drug-likeness (QED) is 0.449. The van der Waals surface area contributed by atoms with Crippen LogP contribution in [-0.4, -0.2) is 0 Å². The van der Waals surface area contributed by atoms with Crippen LogP contribution in [-0.2, 0) is 4.57 Å². The molecule has 0 bridgehead atoms. The van der Waals surface area contributed by atoms with Crippen molar-refractivity contribution in [2.45, 2.75) is 0 Å². The molecule has 0 aromatic carbocycles. The Kier molecular flexibility index (Phi) is 0.273. The SMILES string of the molecule is O=P12c3cccc1c32. The standard InChI is InChI=1S/C6H3OP/c7-8-4-2-1-3-5(8)6(4)8/h1-3H. The van der Waals surface area contributed by atoms with Gasteiger partial charge in [0.25, 0.3) is 0 Å². The Morgan fingerprint density at radius 2 is 2.25 bits per heavy atom. The summed E-state index contributed by atoms with van der Waals surface area (Å²) in [7, 11) is -1.73. The van der Waals surface area contributed by atoms with Crippen LogP contribution in [0.4, 0.5) is 0 Å². The Hall–Kier alpha value is -0.550. The van der Waals surface area contributed by atoms with Crippen molar-refractivity contribution in [1.82, 2.24) is 0 Å². The molecule has 1 unspecified atom stereocenters. The van der Waals surface area contributed by atoms with Gasteiger partial charge in [-0.05, 0) is 0 Å². The molecule has 1 saturated heterocycles. The van der Waals surface area contributed by atoms with Crippen LogP contribution >= 0.6 is 7.14 Å². The van der Waals surface area contributed by atoms with Crippen LogP contribution in [0.1, 0.15) is 0 Å². The van der Waals surface area contributed by atoms with Crippen molar-refractivity contribution in [2.75, 3.05) is 0 Å². The molecule has 0 N–H and O–H groups in total. The van der Waals surface area contributed by atoms with Crippen molar-refractivity contribution in [2.24, 2.45) is 0 Å². The van der Waals surface area contributed by atoms with E-state index in [9.17, 15) is 4.57 Å². The molecule has 0 saturated carbocycles. The van der Waals surface area contributed by atoms with Gasteiger partial charge < -0.3 is 4.57 Å². The number of allylic oxidation sites excluding steroid dienone is 6. The highest BCUT2D eigenvalue weighted by atomic mass is 31.2. The second-order valence-electron chi connectivity index (χ2n) is 2.25. The first kappa shape index (κ1) is 3.47. The van der Waals surface area contributed by atoms with E-state index in [-0.39, 0.29) is 0 Å². The Morgan fingerprint density at radius 1 is 1.50 bits per heavy atom. The summed E-state index contributed by atoms with van der Waals surface area (Å²) in [4.78, 5) is 0. The van der Waals surface area contributed by atoms with Crippen LogP contribution in [0.2, 0.25) is 0 Å². The van der Waals surface area contributed by atoms with Gasteiger partial charge in [-0.1, -0.05) is 18.2 Å². The maximum Gasteiger partial charge on any atom is 0.174 e. The second-order valence-corrected chi connectivity index (χ2v) is 4.88. The first-order chi connectivity index (χ1) is 3.85. The van der Waals surface area contributed by atoms with E-state index in [4.69, 9.17) is 0 Å². The molecule has 1 nitrogen and oxygen atoms in total. The molecule has 3 rings (SSSR count). The van der Waals surface area contributed by atoms with Crippen molar-refractivity contribution in [3.63, 3.8) is 0 Å². The van der Waals surface area contributed by atoms with Crippen LogP contribution in [0.5, 0.6) is 0 Å². The molecule has 38 valence electrons. The van der Waals surface area contributed by atoms with Crippen molar-refractivity contribution >= 4 is 7.14 Å². The minimum absolute atomic E-state index is 1.15. The van der Waals surface area contributed by atoms with Gasteiger partial charge in [-0.15, -0.1) is 0 Å². The van der Waals surface area contributed by atoms with Gasteiger partial charge in [0, 0.05) is 15.9 Å². The van der Waals surface area contributed by atoms with E-state index in [0.29, 0.717) is 0 Å². The summed E-state index contributed by atoms with van der Waals surface area (Å²) in [6.45, 7) is 0. The maximum atomic E-state index is 11.2. The molecule has 8 heavy (non-hydrogen) atoms. The number of hydrogen-bond donors (Lipinski definition) is 0. The first-order valence-corrected chi connectivity index (χ1v) is 4.30. The van der Waals surface area contributed by atoms with Crippen molar-refractivity contribution in [3.8, 4) is 0 Å². The number of rotatable bonds is 0. The molecule has 0 spiro atoms. The lowest BCUT2D eigenvalue weighted by molar-refractivity contribution is 0.596. The first-order valence-electron chi connectivity index (χ1n) is 2.60. The van der Waals surface area contributed by atoms with Gasteiger partial charge in [0.2, 0.25) is 0 Å². The summed E-state index contributed by atoms with van der Waals surface area (Å²) in [5, 5.41) is 3.49. The summed E-state index contributed by atoms with van der Waals surface area (Å²) in [6, 6.07) is 0. The van der Waals surface area contributed by atoms with Crippen LogP contribution in [0.25, 0.3) is 0 Å². The Bertz CT molecular complexity index is 305. The summed E-state index contributed by atoms with van der Waals surface area (Å²) in [5.74, 6) is 0. The third-order valence-electron chi connectivity index (χ3n) is 1.89. The normalized spacial score (nSPS) is 43.8. The zero-order valence-electron chi connectivity index (χ0n) is 4.09. The van der Waals surface area contributed by atoms with E-state index in [1.54, 1.807) is 0 Å². The molecule has 3 aliphatic rings. The third-order valence-corrected chi connectivity index (χ3v) is 4.65. The number of fused-ring (bicyclic) bond motifs is 1. The zero-order chi connectivity index (χ0) is 5.35. The molecule has 3 heterocycles. The van der Waals surface area contributed by atoms with Crippen LogP contribution < -0.4 is 0 Å². The van der Waals surface area contributed by atoms with Crippen molar-refractivity contribution in [3.05, 3.63) is 34.2 Å². The van der Waals surface area contributed by atoms with Gasteiger partial charge in [0.1, 0.15) is 0 Å². The average Bonchev–Trinajstić information content (AvgIpc) is 2.60. The van der Waals surface area contributed by atoms with Crippen molar-refractivity contribution in [1.29, 1.82) is 0 Å². The van der Waals surface area contributed by atoms with Gasteiger partial charge in [-0.3, -0.25) is 0 Å².